The van der Waals surface area contributed by atoms with Gasteiger partial charge in [-0.3, -0.25) is 9.59 Å². The van der Waals surface area contributed by atoms with Gasteiger partial charge in [0.1, 0.15) is 11.5 Å². The maximum absolute atomic E-state index is 12.0. The summed E-state index contributed by atoms with van der Waals surface area (Å²) in [6, 6.07) is 8.17. The summed E-state index contributed by atoms with van der Waals surface area (Å²) in [7, 11) is 1.49. The monoisotopic (exact) mass is 354 g/mol. The van der Waals surface area contributed by atoms with Gasteiger partial charge < -0.3 is 10.6 Å². The summed E-state index contributed by atoms with van der Waals surface area (Å²) in [5.74, 6) is 0.864. The van der Waals surface area contributed by atoms with Gasteiger partial charge in [-0.2, -0.15) is 10.2 Å². The fourth-order valence-corrected chi connectivity index (χ4v) is 2.16. The van der Waals surface area contributed by atoms with Gasteiger partial charge in [-0.05, 0) is 31.2 Å². The number of carbonyl (C=O) groups excluding carboxylic acids is 1. The molecule has 3 rings (SSSR count). The van der Waals surface area contributed by atoms with Crippen LogP contribution < -0.4 is 16.2 Å². The number of amides is 1. The second kappa shape index (κ2) is 7.55. The van der Waals surface area contributed by atoms with Crippen LogP contribution in [0.25, 0.3) is 5.82 Å². The standard InChI is InChI=1S/C16H18N8O2/c1-11-7-10-24(21-11)14-5-4-13(19-20-14)17-8-9-18-16(26)12-3-6-15(25)23(2)22-12/h3-7,10H,8-9H2,1-2H3,(H,17,19)(H,18,26). The van der Waals surface area contributed by atoms with Gasteiger partial charge in [0.25, 0.3) is 11.5 Å². The molecule has 0 spiro atoms. The predicted molar refractivity (Wildman–Crippen MR) is 94.2 cm³/mol. The van der Waals surface area contributed by atoms with E-state index in [4.69, 9.17) is 0 Å². The molecular formula is C16H18N8O2. The zero-order valence-electron chi connectivity index (χ0n) is 14.4. The maximum atomic E-state index is 12.0. The lowest BCUT2D eigenvalue weighted by molar-refractivity contribution is 0.0948. The van der Waals surface area contributed by atoms with E-state index in [2.05, 4.69) is 31.0 Å². The third-order valence-corrected chi connectivity index (χ3v) is 3.52. The van der Waals surface area contributed by atoms with Crippen LogP contribution >= 0.6 is 0 Å². The molecule has 3 aromatic rings. The Hall–Kier alpha value is -3.56. The van der Waals surface area contributed by atoms with Crippen molar-refractivity contribution >= 4 is 11.7 Å². The van der Waals surface area contributed by atoms with E-state index in [1.807, 2.05) is 19.2 Å². The Morgan fingerprint density at radius 2 is 1.92 bits per heavy atom. The van der Waals surface area contributed by atoms with Crippen LogP contribution in [0.2, 0.25) is 0 Å². The van der Waals surface area contributed by atoms with Crippen molar-refractivity contribution in [3.63, 3.8) is 0 Å². The smallest absolute Gasteiger partial charge is 0.271 e. The van der Waals surface area contributed by atoms with Crippen molar-refractivity contribution in [1.29, 1.82) is 0 Å². The lowest BCUT2D eigenvalue weighted by Gasteiger charge is -2.07. The molecule has 0 aliphatic rings. The molecule has 134 valence electrons. The Balaban J connectivity index is 1.48. The van der Waals surface area contributed by atoms with Crippen LogP contribution in [0.3, 0.4) is 0 Å². The molecular weight excluding hydrogens is 336 g/mol. The molecule has 3 aromatic heterocycles. The van der Waals surface area contributed by atoms with E-state index in [0.717, 1.165) is 10.4 Å². The molecule has 0 atom stereocenters. The molecule has 0 fully saturated rings. The topological polar surface area (TPSA) is 120 Å². The number of hydrogen-bond acceptors (Lipinski definition) is 7. The minimum atomic E-state index is -0.349. The van der Waals surface area contributed by atoms with Crippen molar-refractivity contribution in [3.05, 3.63) is 58.3 Å². The summed E-state index contributed by atoms with van der Waals surface area (Å²) >= 11 is 0. The summed E-state index contributed by atoms with van der Waals surface area (Å²) in [5, 5.41) is 22.1. The molecule has 0 bridgehead atoms. The highest BCUT2D eigenvalue weighted by molar-refractivity contribution is 5.91. The average Bonchev–Trinajstić information content (AvgIpc) is 3.08. The Kier molecular flexibility index (Phi) is 5.02. The van der Waals surface area contributed by atoms with Crippen LogP contribution in [-0.2, 0) is 7.05 Å². The first kappa shape index (κ1) is 17.3. The van der Waals surface area contributed by atoms with Gasteiger partial charge >= 0.3 is 0 Å². The highest BCUT2D eigenvalue weighted by Gasteiger charge is 2.07. The fraction of sp³-hybridized carbons (Fsp3) is 0.250. The van der Waals surface area contributed by atoms with E-state index in [-0.39, 0.29) is 17.2 Å². The van der Waals surface area contributed by atoms with E-state index >= 15 is 0 Å². The molecule has 3 heterocycles. The number of anilines is 1. The molecule has 10 heteroatoms. The second-order valence-corrected chi connectivity index (χ2v) is 5.54. The number of carbonyl (C=O) groups is 1. The van der Waals surface area contributed by atoms with Crippen molar-refractivity contribution in [2.45, 2.75) is 6.92 Å². The highest BCUT2D eigenvalue weighted by Crippen LogP contribution is 2.06. The molecule has 0 saturated carbocycles. The van der Waals surface area contributed by atoms with Crippen molar-refractivity contribution in [2.75, 3.05) is 18.4 Å². The summed E-state index contributed by atoms with van der Waals surface area (Å²) in [4.78, 5) is 23.2. The second-order valence-electron chi connectivity index (χ2n) is 5.54. The van der Waals surface area contributed by atoms with Gasteiger partial charge in [-0.25, -0.2) is 9.36 Å². The minimum Gasteiger partial charge on any atom is -0.367 e. The quantitative estimate of drug-likeness (QED) is 0.594. The summed E-state index contributed by atoms with van der Waals surface area (Å²) < 4.78 is 2.76. The van der Waals surface area contributed by atoms with Gasteiger partial charge in [0, 0.05) is 32.4 Å². The van der Waals surface area contributed by atoms with Gasteiger partial charge in [-0.1, -0.05) is 0 Å². The van der Waals surface area contributed by atoms with Crippen LogP contribution in [-0.4, -0.2) is 48.8 Å². The molecule has 0 aromatic carbocycles. The zero-order chi connectivity index (χ0) is 18.5. The molecule has 0 aliphatic carbocycles. The SMILES string of the molecule is Cc1ccn(-c2ccc(NCCNC(=O)c3ccc(=O)n(C)n3)nn2)n1. The molecule has 26 heavy (non-hydrogen) atoms. The molecule has 1 amide bonds. The van der Waals surface area contributed by atoms with E-state index in [1.165, 1.54) is 19.2 Å². The average molecular weight is 354 g/mol. The maximum Gasteiger partial charge on any atom is 0.271 e. The van der Waals surface area contributed by atoms with Crippen molar-refractivity contribution < 1.29 is 4.79 Å². The van der Waals surface area contributed by atoms with Crippen LogP contribution in [0.5, 0.6) is 0 Å². The molecule has 0 saturated heterocycles. The fourth-order valence-electron chi connectivity index (χ4n) is 2.16. The van der Waals surface area contributed by atoms with Crippen molar-refractivity contribution in [1.82, 2.24) is 35.1 Å². The predicted octanol–water partition coefficient (Wildman–Crippen LogP) is -0.0937. The summed E-state index contributed by atoms with van der Waals surface area (Å²) in [5.41, 5.74) is 0.819. The van der Waals surface area contributed by atoms with Gasteiger partial charge in [0.05, 0.1) is 5.69 Å². The van der Waals surface area contributed by atoms with Gasteiger partial charge in [-0.15, -0.1) is 10.2 Å². The summed E-state index contributed by atoms with van der Waals surface area (Å²) in [6.45, 7) is 2.73. The molecule has 0 radical (unpaired) electrons. The number of nitrogens with one attached hydrogen (secondary N) is 2. The third kappa shape index (κ3) is 4.09. The molecule has 2 N–H and O–H groups in total. The normalized spacial score (nSPS) is 10.5. The first-order chi connectivity index (χ1) is 12.5. The van der Waals surface area contributed by atoms with Crippen molar-refractivity contribution in [3.8, 4) is 5.82 Å². The lowest BCUT2D eigenvalue weighted by Crippen LogP contribution is -2.31. The lowest BCUT2D eigenvalue weighted by atomic mass is 10.3. The number of hydrogen-bond donors (Lipinski definition) is 2. The zero-order valence-corrected chi connectivity index (χ0v) is 14.4. The minimum absolute atomic E-state index is 0.186. The first-order valence-electron chi connectivity index (χ1n) is 7.96. The van der Waals surface area contributed by atoms with E-state index in [9.17, 15) is 9.59 Å². The van der Waals surface area contributed by atoms with Gasteiger partial charge in [0.15, 0.2) is 5.82 Å². The Morgan fingerprint density at radius 3 is 2.58 bits per heavy atom. The first-order valence-corrected chi connectivity index (χ1v) is 7.96. The summed E-state index contributed by atoms with van der Waals surface area (Å²) in [6.07, 6.45) is 1.81. The highest BCUT2D eigenvalue weighted by atomic mass is 16.2. The van der Waals surface area contributed by atoms with Crippen LogP contribution in [0, 0.1) is 6.92 Å². The van der Waals surface area contributed by atoms with Crippen LogP contribution in [0.15, 0.2) is 41.3 Å². The molecule has 0 aliphatic heterocycles. The number of aromatic nitrogens is 6. The van der Waals surface area contributed by atoms with E-state index in [1.54, 1.807) is 16.8 Å². The Bertz CT molecular complexity index is 961. The Morgan fingerprint density at radius 1 is 1.08 bits per heavy atom. The van der Waals surface area contributed by atoms with E-state index in [0.29, 0.717) is 24.7 Å². The van der Waals surface area contributed by atoms with Crippen LogP contribution in [0.4, 0.5) is 5.82 Å². The Labute approximate surface area is 148 Å². The van der Waals surface area contributed by atoms with Gasteiger partial charge in [0.2, 0.25) is 0 Å². The number of nitrogens with zero attached hydrogens (tertiary/aromatic N) is 6. The number of aryl methyl sites for hydroxylation is 2. The van der Waals surface area contributed by atoms with Crippen molar-refractivity contribution in [2.24, 2.45) is 7.05 Å². The third-order valence-electron chi connectivity index (χ3n) is 3.52. The molecule has 0 unspecified atom stereocenters. The van der Waals surface area contributed by atoms with Crippen LogP contribution in [0.1, 0.15) is 16.2 Å². The largest absolute Gasteiger partial charge is 0.367 e. The molecule has 10 nitrogen and oxygen atoms in total. The number of rotatable bonds is 6. The van der Waals surface area contributed by atoms with E-state index < -0.39 is 0 Å².